The Morgan fingerprint density at radius 3 is 2.84 bits per heavy atom. The van der Waals surface area contributed by atoms with Crippen molar-refractivity contribution in [3.05, 3.63) is 23.3 Å². The van der Waals surface area contributed by atoms with Gasteiger partial charge in [0.2, 0.25) is 0 Å². The molecule has 2 heterocycles. The third-order valence-corrected chi connectivity index (χ3v) is 7.73. The summed E-state index contributed by atoms with van der Waals surface area (Å²) in [6.45, 7) is 2.02. The number of aromatic hydroxyl groups is 1. The van der Waals surface area contributed by atoms with Gasteiger partial charge in [-0.1, -0.05) is 6.07 Å². The van der Waals surface area contributed by atoms with E-state index in [0.717, 1.165) is 37.4 Å². The van der Waals surface area contributed by atoms with E-state index in [1.807, 2.05) is 6.07 Å². The van der Waals surface area contributed by atoms with Crippen LogP contribution in [0.15, 0.2) is 12.1 Å². The van der Waals surface area contributed by atoms with Gasteiger partial charge >= 0.3 is 0 Å². The van der Waals surface area contributed by atoms with E-state index in [1.54, 1.807) is 6.07 Å². The molecule has 1 aromatic rings. The van der Waals surface area contributed by atoms with Crippen molar-refractivity contribution >= 4 is 0 Å². The predicted molar refractivity (Wildman–Crippen MR) is 90.8 cm³/mol. The van der Waals surface area contributed by atoms with Crippen LogP contribution in [0.5, 0.6) is 11.5 Å². The molecule has 5 atom stereocenters. The molecule has 2 bridgehead atoms. The van der Waals surface area contributed by atoms with Crippen LogP contribution < -0.4 is 4.74 Å². The molecule has 6 rings (SSSR count). The number of ether oxygens (including phenoxy) is 1. The Hall–Kier alpha value is -1.30. The summed E-state index contributed by atoms with van der Waals surface area (Å²) in [5.74, 6) is 1.44. The highest BCUT2D eigenvalue weighted by atomic mass is 16.5. The largest absolute Gasteiger partial charge is 0.504 e. The number of phenols is 1. The van der Waals surface area contributed by atoms with Crippen molar-refractivity contribution < 1.29 is 20.1 Å². The summed E-state index contributed by atoms with van der Waals surface area (Å²) in [5.41, 5.74) is 0.716. The van der Waals surface area contributed by atoms with E-state index in [2.05, 4.69) is 4.90 Å². The molecule has 2 aliphatic heterocycles. The SMILES string of the molecule is Oc1ccc2c3c1OC1[C@@H](O)CC[C@@]4(O)[C@@H](C2)N(CC2CC2)CC[C@]314. The Bertz CT molecular complexity index is 762. The van der Waals surface area contributed by atoms with Gasteiger partial charge in [-0.25, -0.2) is 0 Å². The second-order valence-corrected chi connectivity index (χ2v) is 8.90. The zero-order chi connectivity index (χ0) is 17.0. The molecule has 5 heteroatoms. The normalized spacial score (nSPS) is 44.3. The molecule has 2 saturated carbocycles. The minimum Gasteiger partial charge on any atom is -0.504 e. The van der Waals surface area contributed by atoms with Gasteiger partial charge in [-0.15, -0.1) is 0 Å². The van der Waals surface area contributed by atoms with E-state index in [4.69, 9.17) is 4.74 Å². The van der Waals surface area contributed by atoms with Crippen LogP contribution >= 0.6 is 0 Å². The van der Waals surface area contributed by atoms with Crippen LogP contribution in [-0.4, -0.2) is 57.2 Å². The molecule has 0 aromatic heterocycles. The summed E-state index contributed by atoms with van der Waals surface area (Å²) in [6, 6.07) is 3.79. The molecule has 1 aromatic carbocycles. The number of aliphatic hydroxyl groups is 2. The summed E-state index contributed by atoms with van der Waals surface area (Å²) in [7, 11) is 0. The lowest BCUT2D eigenvalue weighted by Gasteiger charge is -2.63. The molecule has 5 nitrogen and oxygen atoms in total. The average Bonchev–Trinajstić information content (AvgIpc) is 3.32. The van der Waals surface area contributed by atoms with Crippen molar-refractivity contribution in [3.8, 4) is 11.5 Å². The second-order valence-electron chi connectivity index (χ2n) is 8.90. The zero-order valence-electron chi connectivity index (χ0n) is 14.3. The van der Waals surface area contributed by atoms with Gasteiger partial charge in [0, 0.05) is 18.2 Å². The second kappa shape index (κ2) is 4.51. The molecule has 3 N–H and O–H groups in total. The lowest BCUT2D eigenvalue weighted by molar-refractivity contribution is -0.208. The Morgan fingerprint density at radius 1 is 1.20 bits per heavy atom. The Balaban J connectivity index is 1.57. The third kappa shape index (κ3) is 1.61. The van der Waals surface area contributed by atoms with Gasteiger partial charge in [0.05, 0.1) is 17.1 Å². The fourth-order valence-corrected chi connectivity index (χ4v) is 6.46. The smallest absolute Gasteiger partial charge is 0.165 e. The molecule has 3 fully saturated rings. The lowest BCUT2D eigenvalue weighted by atomic mass is 9.48. The molecule has 0 amide bonds. The number of hydrogen-bond donors (Lipinski definition) is 3. The molecule has 1 spiro atoms. The number of piperidine rings is 1. The zero-order valence-corrected chi connectivity index (χ0v) is 14.3. The first-order chi connectivity index (χ1) is 12.0. The van der Waals surface area contributed by atoms with E-state index < -0.39 is 23.2 Å². The Labute approximate surface area is 147 Å². The van der Waals surface area contributed by atoms with Crippen molar-refractivity contribution in [3.63, 3.8) is 0 Å². The van der Waals surface area contributed by atoms with Crippen molar-refractivity contribution in [1.82, 2.24) is 4.90 Å². The first-order valence-corrected chi connectivity index (χ1v) is 9.71. The fourth-order valence-electron chi connectivity index (χ4n) is 6.46. The van der Waals surface area contributed by atoms with Gasteiger partial charge in [0.1, 0.15) is 6.10 Å². The summed E-state index contributed by atoms with van der Waals surface area (Å²) in [6.07, 6.45) is 4.35. The van der Waals surface area contributed by atoms with Gasteiger partial charge in [0.25, 0.3) is 0 Å². The van der Waals surface area contributed by atoms with E-state index >= 15 is 0 Å². The average molecular weight is 343 g/mol. The number of hydrogen-bond acceptors (Lipinski definition) is 5. The van der Waals surface area contributed by atoms with Gasteiger partial charge in [-0.2, -0.15) is 0 Å². The number of benzene rings is 1. The van der Waals surface area contributed by atoms with Crippen LogP contribution in [0.4, 0.5) is 0 Å². The number of likely N-dealkylation sites (tertiary alicyclic amines) is 1. The van der Waals surface area contributed by atoms with Gasteiger partial charge in [-0.3, -0.25) is 4.90 Å². The number of nitrogens with zero attached hydrogens (tertiary/aromatic N) is 1. The van der Waals surface area contributed by atoms with Crippen LogP contribution in [-0.2, 0) is 11.8 Å². The summed E-state index contributed by atoms with van der Waals surface area (Å²) < 4.78 is 6.14. The van der Waals surface area contributed by atoms with Crippen LogP contribution in [0.25, 0.3) is 0 Å². The lowest BCUT2D eigenvalue weighted by Crippen LogP contribution is -2.77. The monoisotopic (exact) mass is 343 g/mol. The quantitative estimate of drug-likeness (QED) is 0.755. The summed E-state index contributed by atoms with van der Waals surface area (Å²) in [4.78, 5) is 2.51. The van der Waals surface area contributed by atoms with Crippen LogP contribution in [0, 0.1) is 5.92 Å². The van der Waals surface area contributed by atoms with Crippen LogP contribution in [0.3, 0.4) is 0 Å². The molecule has 25 heavy (non-hydrogen) atoms. The third-order valence-electron chi connectivity index (χ3n) is 7.73. The van der Waals surface area contributed by atoms with E-state index in [1.165, 1.54) is 18.4 Å². The Morgan fingerprint density at radius 2 is 2.04 bits per heavy atom. The maximum absolute atomic E-state index is 12.0. The van der Waals surface area contributed by atoms with Crippen molar-refractivity contribution in [2.75, 3.05) is 13.1 Å². The van der Waals surface area contributed by atoms with Crippen molar-refractivity contribution in [1.29, 1.82) is 0 Å². The first-order valence-electron chi connectivity index (χ1n) is 9.71. The minimum absolute atomic E-state index is 0.0865. The summed E-state index contributed by atoms with van der Waals surface area (Å²) >= 11 is 0. The fraction of sp³-hybridized carbons (Fsp3) is 0.700. The highest BCUT2D eigenvalue weighted by Crippen LogP contribution is 2.65. The molecule has 1 unspecified atom stereocenters. The molecule has 5 aliphatic rings. The van der Waals surface area contributed by atoms with Crippen molar-refractivity contribution in [2.24, 2.45) is 5.92 Å². The highest BCUT2D eigenvalue weighted by Gasteiger charge is 2.72. The number of phenolic OH excluding ortho intramolecular Hbond substituents is 1. The predicted octanol–water partition coefficient (Wildman–Crippen LogP) is 1.32. The molecule has 134 valence electrons. The van der Waals surface area contributed by atoms with E-state index in [9.17, 15) is 15.3 Å². The van der Waals surface area contributed by atoms with Crippen molar-refractivity contribution in [2.45, 2.75) is 67.8 Å². The van der Waals surface area contributed by atoms with Crippen LogP contribution in [0.1, 0.15) is 43.2 Å². The van der Waals surface area contributed by atoms with Crippen LogP contribution in [0.2, 0.25) is 0 Å². The molecule has 3 aliphatic carbocycles. The standard InChI is InChI=1S/C20H25NO4/c22-13-4-3-12-9-15-20(24)6-5-14(23)18-19(20,16(12)17(13)25-18)7-8-21(15)10-11-1-2-11/h3-4,11,14-15,18,22-24H,1-2,5-10H2/t14-,15+,18?,19-,20+/m0/s1. The topological polar surface area (TPSA) is 73.2 Å². The summed E-state index contributed by atoms with van der Waals surface area (Å²) in [5, 5.41) is 33.1. The molecule has 0 radical (unpaired) electrons. The van der Waals surface area contributed by atoms with E-state index in [0.29, 0.717) is 18.6 Å². The number of aliphatic hydroxyl groups excluding tert-OH is 1. The van der Waals surface area contributed by atoms with Gasteiger partial charge in [-0.05, 0) is 62.6 Å². The molecular weight excluding hydrogens is 318 g/mol. The Kier molecular flexibility index (Phi) is 2.67. The van der Waals surface area contributed by atoms with Gasteiger partial charge in [0.15, 0.2) is 11.5 Å². The maximum atomic E-state index is 12.0. The van der Waals surface area contributed by atoms with E-state index in [-0.39, 0.29) is 11.8 Å². The minimum atomic E-state index is -0.879. The molecular formula is C20H25NO4. The first kappa shape index (κ1) is 14.8. The molecule has 1 saturated heterocycles. The maximum Gasteiger partial charge on any atom is 0.165 e. The number of rotatable bonds is 2. The highest BCUT2D eigenvalue weighted by molar-refractivity contribution is 5.62. The van der Waals surface area contributed by atoms with Gasteiger partial charge < -0.3 is 20.1 Å².